The van der Waals surface area contributed by atoms with Crippen LogP contribution in [-0.2, 0) is 11.3 Å². The number of carbonyl (C=O) groups is 1. The van der Waals surface area contributed by atoms with Crippen molar-refractivity contribution in [1.29, 1.82) is 0 Å². The predicted molar refractivity (Wildman–Crippen MR) is 119 cm³/mol. The molecule has 4 rings (SSSR count). The lowest BCUT2D eigenvalue weighted by Gasteiger charge is -2.36. The topological polar surface area (TPSA) is 70.5 Å². The molecule has 0 saturated carbocycles. The number of aryl methyl sites for hydroxylation is 1. The number of hydrogen-bond acceptors (Lipinski definition) is 5. The fourth-order valence-electron chi connectivity index (χ4n) is 3.89. The van der Waals surface area contributed by atoms with Gasteiger partial charge in [0.25, 0.3) is 5.56 Å². The summed E-state index contributed by atoms with van der Waals surface area (Å²) in [5, 5.41) is 2.95. The normalized spacial score (nSPS) is 14.8. The number of nitrogens with one attached hydrogen (secondary N) is 1. The first-order valence-corrected chi connectivity index (χ1v) is 10.4. The standard InChI is InChI=1S/C23H27N5O2/c1-18-5-4-6-19(15-18)27-13-11-26(12-14-27)10-9-24-22(29)17-28-21-8-3-2-7-20(21)25-16-23(28)30/h2-8,15-16H,9-14,17H2,1H3,(H,24,29). The number of benzene rings is 2. The lowest BCUT2D eigenvalue weighted by Crippen LogP contribution is -2.48. The average molecular weight is 406 g/mol. The SMILES string of the molecule is Cc1cccc(N2CCN(CCNC(=O)Cn3c(=O)cnc4ccccc43)CC2)c1. The quantitative estimate of drug-likeness (QED) is 0.675. The molecule has 0 bridgehead atoms. The van der Waals surface area contributed by atoms with Gasteiger partial charge in [0.15, 0.2) is 0 Å². The number of anilines is 1. The van der Waals surface area contributed by atoms with Gasteiger partial charge in [0, 0.05) is 45.0 Å². The molecule has 0 atom stereocenters. The summed E-state index contributed by atoms with van der Waals surface area (Å²) in [6, 6.07) is 15.9. The van der Waals surface area contributed by atoms with Gasteiger partial charge in [-0.05, 0) is 36.8 Å². The Morgan fingerprint density at radius 2 is 1.87 bits per heavy atom. The molecule has 1 fully saturated rings. The maximum Gasteiger partial charge on any atom is 0.269 e. The van der Waals surface area contributed by atoms with Gasteiger partial charge < -0.3 is 10.2 Å². The molecule has 30 heavy (non-hydrogen) atoms. The number of piperazine rings is 1. The van der Waals surface area contributed by atoms with Gasteiger partial charge in [-0.3, -0.25) is 19.1 Å². The zero-order valence-corrected chi connectivity index (χ0v) is 17.3. The van der Waals surface area contributed by atoms with Gasteiger partial charge in [-0.2, -0.15) is 0 Å². The van der Waals surface area contributed by atoms with Gasteiger partial charge in [-0.15, -0.1) is 0 Å². The number of aromatic nitrogens is 2. The summed E-state index contributed by atoms with van der Waals surface area (Å²) in [6.07, 6.45) is 1.27. The molecule has 0 aliphatic carbocycles. The summed E-state index contributed by atoms with van der Waals surface area (Å²) in [5.41, 5.74) is 3.66. The molecule has 7 heteroatoms. The number of nitrogens with zero attached hydrogens (tertiary/aromatic N) is 4. The minimum atomic E-state index is -0.267. The largest absolute Gasteiger partial charge is 0.369 e. The Hall–Kier alpha value is -3.19. The lowest BCUT2D eigenvalue weighted by atomic mass is 10.2. The Bertz CT molecular complexity index is 1090. The van der Waals surface area contributed by atoms with Crippen molar-refractivity contribution in [2.45, 2.75) is 13.5 Å². The van der Waals surface area contributed by atoms with E-state index in [0.717, 1.165) is 32.7 Å². The summed E-state index contributed by atoms with van der Waals surface area (Å²) in [7, 11) is 0. The van der Waals surface area contributed by atoms with Crippen LogP contribution in [0.4, 0.5) is 5.69 Å². The van der Waals surface area contributed by atoms with Gasteiger partial charge in [0.05, 0.1) is 17.2 Å². The van der Waals surface area contributed by atoms with E-state index in [2.05, 4.69) is 51.3 Å². The minimum absolute atomic E-state index is 0.00298. The first-order chi connectivity index (χ1) is 14.6. The molecular formula is C23H27N5O2. The van der Waals surface area contributed by atoms with Crippen molar-refractivity contribution in [3.63, 3.8) is 0 Å². The molecule has 1 aliphatic heterocycles. The molecule has 1 saturated heterocycles. The maximum absolute atomic E-state index is 12.4. The fourth-order valence-corrected chi connectivity index (χ4v) is 3.89. The van der Waals surface area contributed by atoms with Crippen molar-refractivity contribution in [2.75, 3.05) is 44.2 Å². The van der Waals surface area contributed by atoms with E-state index >= 15 is 0 Å². The van der Waals surface area contributed by atoms with E-state index in [1.807, 2.05) is 24.3 Å². The van der Waals surface area contributed by atoms with Crippen LogP contribution < -0.4 is 15.8 Å². The summed E-state index contributed by atoms with van der Waals surface area (Å²) < 4.78 is 1.47. The van der Waals surface area contributed by atoms with Crippen LogP contribution in [0.3, 0.4) is 0 Å². The summed E-state index contributed by atoms with van der Waals surface area (Å²) in [5.74, 6) is -0.160. The molecule has 1 amide bonds. The average Bonchev–Trinajstić information content (AvgIpc) is 2.76. The lowest BCUT2D eigenvalue weighted by molar-refractivity contribution is -0.121. The summed E-state index contributed by atoms with van der Waals surface area (Å²) in [4.78, 5) is 33.5. The highest BCUT2D eigenvalue weighted by molar-refractivity contribution is 5.79. The molecule has 3 aromatic rings. The van der Waals surface area contributed by atoms with Crippen molar-refractivity contribution in [1.82, 2.24) is 19.8 Å². The van der Waals surface area contributed by atoms with E-state index in [9.17, 15) is 9.59 Å². The van der Waals surface area contributed by atoms with Crippen LogP contribution in [0, 0.1) is 6.92 Å². The zero-order valence-electron chi connectivity index (χ0n) is 17.3. The molecule has 2 aromatic carbocycles. The molecule has 1 aromatic heterocycles. The molecular weight excluding hydrogens is 378 g/mol. The van der Waals surface area contributed by atoms with Crippen molar-refractivity contribution in [2.24, 2.45) is 0 Å². The number of carbonyl (C=O) groups excluding carboxylic acids is 1. The minimum Gasteiger partial charge on any atom is -0.369 e. The van der Waals surface area contributed by atoms with Crippen LogP contribution in [0.15, 0.2) is 59.5 Å². The van der Waals surface area contributed by atoms with Crippen molar-refractivity contribution in [3.8, 4) is 0 Å². The van der Waals surface area contributed by atoms with Crippen LogP contribution in [-0.4, -0.2) is 59.6 Å². The molecule has 0 radical (unpaired) electrons. The van der Waals surface area contributed by atoms with Crippen molar-refractivity contribution < 1.29 is 4.79 Å². The van der Waals surface area contributed by atoms with Gasteiger partial charge in [-0.1, -0.05) is 24.3 Å². The molecule has 7 nitrogen and oxygen atoms in total. The van der Waals surface area contributed by atoms with Crippen LogP contribution >= 0.6 is 0 Å². The van der Waals surface area contributed by atoms with Gasteiger partial charge in [0.2, 0.25) is 5.91 Å². The molecule has 0 unspecified atom stereocenters. The van der Waals surface area contributed by atoms with Crippen molar-refractivity contribution >= 4 is 22.6 Å². The first kappa shape index (κ1) is 20.1. The Morgan fingerprint density at radius 1 is 1.07 bits per heavy atom. The third kappa shape index (κ3) is 4.68. The molecule has 1 aliphatic rings. The second-order valence-corrected chi connectivity index (χ2v) is 7.69. The number of amides is 1. The third-order valence-corrected chi connectivity index (χ3v) is 5.54. The third-order valence-electron chi connectivity index (χ3n) is 5.54. The fraction of sp³-hybridized carbons (Fsp3) is 0.348. The number of hydrogen-bond donors (Lipinski definition) is 1. The van der Waals surface area contributed by atoms with E-state index in [4.69, 9.17) is 0 Å². The van der Waals surface area contributed by atoms with Gasteiger partial charge >= 0.3 is 0 Å². The van der Waals surface area contributed by atoms with E-state index in [1.54, 1.807) is 0 Å². The van der Waals surface area contributed by atoms with E-state index < -0.39 is 0 Å². The number of rotatable bonds is 6. The molecule has 156 valence electrons. The molecule has 0 spiro atoms. The summed E-state index contributed by atoms with van der Waals surface area (Å²) >= 11 is 0. The first-order valence-electron chi connectivity index (χ1n) is 10.4. The zero-order chi connectivity index (χ0) is 20.9. The van der Waals surface area contributed by atoms with Gasteiger partial charge in [0.1, 0.15) is 6.54 Å². The van der Waals surface area contributed by atoms with Crippen LogP contribution in [0.5, 0.6) is 0 Å². The van der Waals surface area contributed by atoms with E-state index in [0.29, 0.717) is 17.6 Å². The highest BCUT2D eigenvalue weighted by atomic mass is 16.2. The van der Waals surface area contributed by atoms with E-state index in [-0.39, 0.29) is 18.0 Å². The maximum atomic E-state index is 12.4. The van der Waals surface area contributed by atoms with Gasteiger partial charge in [-0.25, -0.2) is 4.98 Å². The molecule has 1 N–H and O–H groups in total. The Balaban J connectivity index is 1.25. The highest BCUT2D eigenvalue weighted by Gasteiger charge is 2.17. The van der Waals surface area contributed by atoms with Crippen LogP contribution in [0.2, 0.25) is 0 Å². The second-order valence-electron chi connectivity index (χ2n) is 7.69. The Kier molecular flexibility index (Phi) is 6.09. The van der Waals surface area contributed by atoms with Crippen LogP contribution in [0.1, 0.15) is 5.56 Å². The number of fused-ring (bicyclic) bond motifs is 1. The van der Waals surface area contributed by atoms with E-state index in [1.165, 1.54) is 22.0 Å². The smallest absolute Gasteiger partial charge is 0.269 e. The predicted octanol–water partition coefficient (Wildman–Crippen LogP) is 1.64. The molecule has 2 heterocycles. The summed E-state index contributed by atoms with van der Waals surface area (Å²) in [6.45, 7) is 7.40. The Labute approximate surface area is 175 Å². The number of para-hydroxylation sites is 2. The van der Waals surface area contributed by atoms with Crippen LogP contribution in [0.25, 0.3) is 11.0 Å². The van der Waals surface area contributed by atoms with Crippen molar-refractivity contribution in [3.05, 3.63) is 70.6 Å². The monoisotopic (exact) mass is 405 g/mol. The highest BCUT2D eigenvalue weighted by Crippen LogP contribution is 2.17. The second kappa shape index (κ2) is 9.09. The Morgan fingerprint density at radius 3 is 2.67 bits per heavy atom.